The van der Waals surface area contributed by atoms with Crippen LogP contribution >= 0.6 is 12.4 Å². The Morgan fingerprint density at radius 2 is 2.41 bits per heavy atom. The fourth-order valence-electron chi connectivity index (χ4n) is 1.97. The number of ether oxygens (including phenoxy) is 1. The molecule has 1 aliphatic heterocycles. The molecule has 0 saturated carbocycles. The number of H-pyrrole nitrogens is 1. The Labute approximate surface area is 105 Å². The molecule has 2 aromatic rings. The average Bonchev–Trinajstić information content (AvgIpc) is 2.95. The Kier molecular flexibility index (Phi) is 3.81. The second-order valence-corrected chi connectivity index (χ2v) is 4.02. The highest BCUT2D eigenvalue weighted by Gasteiger charge is 2.15. The van der Waals surface area contributed by atoms with E-state index in [0.717, 1.165) is 12.1 Å². The fourth-order valence-corrected chi connectivity index (χ4v) is 1.97. The number of nitrogens with one attached hydrogen (secondary N) is 2. The van der Waals surface area contributed by atoms with E-state index in [0.29, 0.717) is 24.3 Å². The Bertz CT molecular complexity index is 448. The van der Waals surface area contributed by atoms with E-state index in [1.807, 2.05) is 12.1 Å². The number of fused-ring (bicyclic) bond motifs is 1. The second kappa shape index (κ2) is 5.33. The molecule has 3 rings (SSSR count). The summed E-state index contributed by atoms with van der Waals surface area (Å²) in [5.74, 6) is 0. The van der Waals surface area contributed by atoms with Gasteiger partial charge in [-0.15, -0.1) is 12.4 Å². The number of nitrogens with zero attached hydrogens (tertiary/aromatic N) is 2. The summed E-state index contributed by atoms with van der Waals surface area (Å²) in [5, 5.41) is 3.38. The predicted octanol–water partition coefficient (Wildman–Crippen LogP) is 1.51. The average molecular weight is 255 g/mol. The van der Waals surface area contributed by atoms with E-state index in [9.17, 15) is 0 Å². The topological polar surface area (TPSA) is 62.8 Å². The molecule has 0 spiro atoms. The van der Waals surface area contributed by atoms with Crippen molar-refractivity contribution in [3.63, 3.8) is 0 Å². The molecule has 0 aromatic carbocycles. The van der Waals surface area contributed by atoms with Gasteiger partial charge in [0.15, 0.2) is 5.65 Å². The maximum Gasteiger partial charge on any atom is 0.296 e. The lowest BCUT2D eigenvalue weighted by Gasteiger charge is -2.09. The number of hydrogen-bond donors (Lipinski definition) is 2. The zero-order chi connectivity index (χ0) is 10.8. The number of hydrogen-bond acceptors (Lipinski definition) is 4. The highest BCUT2D eigenvalue weighted by atomic mass is 35.5. The molecule has 0 amide bonds. The molecule has 1 saturated heterocycles. The number of pyridine rings is 1. The minimum absolute atomic E-state index is 0. The van der Waals surface area contributed by atoms with Crippen molar-refractivity contribution >= 4 is 23.6 Å². The number of aromatic amines is 1. The molecule has 1 unspecified atom stereocenters. The Morgan fingerprint density at radius 1 is 1.47 bits per heavy atom. The van der Waals surface area contributed by atoms with Gasteiger partial charge >= 0.3 is 0 Å². The van der Waals surface area contributed by atoms with Gasteiger partial charge in [-0.25, -0.2) is 4.98 Å². The summed E-state index contributed by atoms with van der Waals surface area (Å²) in [4.78, 5) is 11.5. The van der Waals surface area contributed by atoms with Crippen molar-refractivity contribution < 1.29 is 4.74 Å². The monoisotopic (exact) mass is 254 g/mol. The number of rotatable bonds is 3. The molecule has 1 fully saturated rings. The third kappa shape index (κ3) is 2.68. The third-order valence-corrected chi connectivity index (χ3v) is 2.82. The molecule has 0 bridgehead atoms. The third-order valence-electron chi connectivity index (χ3n) is 2.82. The van der Waals surface area contributed by atoms with Crippen LogP contribution in [-0.2, 0) is 0 Å². The van der Waals surface area contributed by atoms with Gasteiger partial charge in [-0.1, -0.05) is 0 Å². The van der Waals surface area contributed by atoms with Crippen molar-refractivity contribution in [2.75, 3.05) is 13.2 Å². The van der Waals surface area contributed by atoms with E-state index in [1.54, 1.807) is 6.20 Å². The molecular formula is C11H15ClN4O. The van der Waals surface area contributed by atoms with Gasteiger partial charge in [0.25, 0.3) is 6.01 Å². The molecule has 2 aromatic heterocycles. The predicted molar refractivity (Wildman–Crippen MR) is 67.7 cm³/mol. The minimum Gasteiger partial charge on any atom is -0.463 e. The molecule has 2 N–H and O–H groups in total. The molecule has 0 radical (unpaired) electrons. The van der Waals surface area contributed by atoms with E-state index < -0.39 is 0 Å². The highest BCUT2D eigenvalue weighted by Crippen LogP contribution is 2.13. The van der Waals surface area contributed by atoms with Crippen molar-refractivity contribution in [1.29, 1.82) is 0 Å². The highest BCUT2D eigenvalue weighted by molar-refractivity contribution is 5.85. The lowest BCUT2D eigenvalue weighted by molar-refractivity contribution is 0.260. The first-order valence-electron chi connectivity index (χ1n) is 5.59. The summed E-state index contributed by atoms with van der Waals surface area (Å²) in [6.07, 6.45) is 4.14. The summed E-state index contributed by atoms with van der Waals surface area (Å²) in [5.41, 5.74) is 1.62. The summed E-state index contributed by atoms with van der Waals surface area (Å²) in [7, 11) is 0. The number of aromatic nitrogens is 3. The van der Waals surface area contributed by atoms with Crippen LogP contribution in [0.1, 0.15) is 12.8 Å². The van der Waals surface area contributed by atoms with Crippen molar-refractivity contribution in [2.24, 2.45) is 0 Å². The quantitative estimate of drug-likeness (QED) is 0.872. The molecule has 92 valence electrons. The Hall–Kier alpha value is -1.33. The molecule has 3 heterocycles. The maximum absolute atomic E-state index is 5.61. The molecule has 0 aliphatic carbocycles. The summed E-state index contributed by atoms with van der Waals surface area (Å²) >= 11 is 0. The molecule has 17 heavy (non-hydrogen) atoms. The van der Waals surface area contributed by atoms with E-state index in [2.05, 4.69) is 20.3 Å². The molecule has 1 aliphatic rings. The Morgan fingerprint density at radius 3 is 3.18 bits per heavy atom. The van der Waals surface area contributed by atoms with Gasteiger partial charge in [0.05, 0.1) is 5.52 Å². The van der Waals surface area contributed by atoms with Crippen LogP contribution in [0.5, 0.6) is 6.01 Å². The van der Waals surface area contributed by atoms with Crippen molar-refractivity contribution in [3.05, 3.63) is 18.3 Å². The number of halogens is 1. The van der Waals surface area contributed by atoms with E-state index in [4.69, 9.17) is 4.74 Å². The minimum atomic E-state index is 0. The van der Waals surface area contributed by atoms with Crippen LogP contribution in [0.15, 0.2) is 18.3 Å². The van der Waals surface area contributed by atoms with Gasteiger partial charge in [-0.3, -0.25) is 0 Å². The lowest BCUT2D eigenvalue weighted by Crippen LogP contribution is -2.28. The number of imidazole rings is 1. The van der Waals surface area contributed by atoms with E-state index in [1.165, 1.54) is 12.8 Å². The summed E-state index contributed by atoms with van der Waals surface area (Å²) in [6, 6.07) is 4.84. The van der Waals surface area contributed by atoms with Crippen LogP contribution < -0.4 is 10.1 Å². The van der Waals surface area contributed by atoms with Gasteiger partial charge < -0.3 is 15.0 Å². The normalized spacial score (nSPS) is 19.2. The van der Waals surface area contributed by atoms with Crippen molar-refractivity contribution in [1.82, 2.24) is 20.3 Å². The maximum atomic E-state index is 5.61. The summed E-state index contributed by atoms with van der Waals surface area (Å²) < 4.78 is 5.61. The first-order valence-corrected chi connectivity index (χ1v) is 5.59. The van der Waals surface area contributed by atoms with Crippen LogP contribution in [0.25, 0.3) is 11.2 Å². The molecular weight excluding hydrogens is 240 g/mol. The van der Waals surface area contributed by atoms with Crippen LogP contribution in [-0.4, -0.2) is 34.1 Å². The van der Waals surface area contributed by atoms with Gasteiger partial charge in [0.1, 0.15) is 6.61 Å². The zero-order valence-electron chi connectivity index (χ0n) is 9.35. The standard InChI is InChI=1S/C11H14N4O.ClH/c1-3-8(12-5-1)7-16-11-14-9-4-2-6-13-10(9)15-11;/h2,4,6,8,12H,1,3,5,7H2,(H,13,14,15);1H. The smallest absolute Gasteiger partial charge is 0.296 e. The first kappa shape index (κ1) is 12.1. The molecule has 6 heteroatoms. The van der Waals surface area contributed by atoms with Gasteiger partial charge in [-0.2, -0.15) is 4.98 Å². The van der Waals surface area contributed by atoms with Gasteiger partial charge in [0, 0.05) is 12.2 Å². The Balaban J connectivity index is 0.00000108. The van der Waals surface area contributed by atoms with Crippen molar-refractivity contribution in [3.8, 4) is 6.01 Å². The SMILES string of the molecule is Cl.c1cnc2nc(OCC3CCCN3)[nH]c2c1. The van der Waals surface area contributed by atoms with Crippen LogP contribution in [0.3, 0.4) is 0 Å². The first-order chi connectivity index (χ1) is 7.92. The molecule has 1 atom stereocenters. The second-order valence-electron chi connectivity index (χ2n) is 4.02. The van der Waals surface area contributed by atoms with Crippen LogP contribution in [0.2, 0.25) is 0 Å². The van der Waals surface area contributed by atoms with Crippen LogP contribution in [0.4, 0.5) is 0 Å². The van der Waals surface area contributed by atoms with Gasteiger partial charge in [0.2, 0.25) is 0 Å². The van der Waals surface area contributed by atoms with E-state index in [-0.39, 0.29) is 12.4 Å². The zero-order valence-corrected chi connectivity index (χ0v) is 10.2. The largest absolute Gasteiger partial charge is 0.463 e. The van der Waals surface area contributed by atoms with E-state index >= 15 is 0 Å². The van der Waals surface area contributed by atoms with Gasteiger partial charge in [-0.05, 0) is 31.5 Å². The van der Waals surface area contributed by atoms with Crippen LogP contribution in [0, 0.1) is 0 Å². The fraction of sp³-hybridized carbons (Fsp3) is 0.455. The van der Waals surface area contributed by atoms with Crippen molar-refractivity contribution in [2.45, 2.75) is 18.9 Å². The molecule has 5 nitrogen and oxygen atoms in total. The summed E-state index contributed by atoms with van der Waals surface area (Å²) in [6.45, 7) is 1.76. The lowest BCUT2D eigenvalue weighted by atomic mass is 10.2.